The standard InChI is InChI=1S/C23H30N2O7/c1-7-30-17(26)12-16(25-18-19(27)20(28)21(18)31-13(2)3)14-8-10-15(11-9-14)24-22(29)32-23(4,5)6/h8-11,13,16,25H,7,12H2,1-6H3,(H,24,29)/t16-/m0/s1. The van der Waals surface area contributed by atoms with Crippen molar-refractivity contribution >= 4 is 23.4 Å². The monoisotopic (exact) mass is 446 g/mol. The number of rotatable bonds is 9. The Hall–Kier alpha value is -3.36. The van der Waals surface area contributed by atoms with Crippen molar-refractivity contribution in [2.24, 2.45) is 0 Å². The molecule has 0 aliphatic heterocycles. The zero-order valence-corrected chi connectivity index (χ0v) is 19.2. The number of ether oxygens (including phenoxy) is 3. The van der Waals surface area contributed by atoms with Crippen molar-refractivity contribution in [2.45, 2.75) is 65.7 Å². The molecule has 0 heterocycles. The number of carbonyl (C=O) groups excluding carboxylic acids is 2. The van der Waals surface area contributed by atoms with E-state index >= 15 is 0 Å². The van der Waals surface area contributed by atoms with Crippen molar-refractivity contribution in [1.82, 2.24) is 0 Å². The average molecular weight is 447 g/mol. The minimum absolute atomic E-state index is 0.0361. The lowest BCUT2D eigenvalue weighted by Gasteiger charge is -2.23. The third-order valence-electron chi connectivity index (χ3n) is 4.17. The molecule has 0 fully saturated rings. The molecule has 0 saturated carbocycles. The van der Waals surface area contributed by atoms with Gasteiger partial charge in [-0.05, 0) is 59.2 Å². The number of esters is 1. The van der Waals surface area contributed by atoms with Crippen LogP contribution in [0, 0.1) is 0 Å². The van der Waals surface area contributed by atoms with Crippen molar-refractivity contribution in [3.05, 3.63) is 50.3 Å². The third-order valence-corrected chi connectivity index (χ3v) is 4.17. The summed E-state index contributed by atoms with van der Waals surface area (Å²) in [5.41, 5.74) is -0.846. The molecule has 0 aromatic heterocycles. The molecule has 2 aromatic rings. The van der Waals surface area contributed by atoms with Gasteiger partial charge in [0.2, 0.25) is 0 Å². The van der Waals surface area contributed by atoms with Gasteiger partial charge in [0.15, 0.2) is 5.75 Å². The van der Waals surface area contributed by atoms with E-state index in [1.165, 1.54) is 0 Å². The molecule has 0 unspecified atom stereocenters. The van der Waals surface area contributed by atoms with E-state index in [-0.39, 0.29) is 30.6 Å². The Bertz CT molecular complexity index is 1010. The maximum atomic E-state index is 12.1. The fourth-order valence-electron chi connectivity index (χ4n) is 2.88. The Balaban J connectivity index is 2.23. The number of hydrogen-bond donors (Lipinski definition) is 2. The predicted octanol–water partition coefficient (Wildman–Crippen LogP) is 3.52. The van der Waals surface area contributed by atoms with Gasteiger partial charge in [-0.3, -0.25) is 19.7 Å². The van der Waals surface area contributed by atoms with Gasteiger partial charge in [-0.1, -0.05) is 12.1 Å². The SMILES string of the molecule is CCOC(=O)C[C@H](Nc1c(OC(C)C)c(=O)c1=O)c1ccc(NC(=O)OC(C)(C)C)cc1. The smallest absolute Gasteiger partial charge is 0.412 e. The molecule has 0 aliphatic rings. The van der Waals surface area contributed by atoms with Gasteiger partial charge >= 0.3 is 12.1 Å². The van der Waals surface area contributed by atoms with Crippen molar-refractivity contribution in [3.8, 4) is 5.75 Å². The molecule has 0 aliphatic carbocycles. The second-order valence-corrected chi connectivity index (χ2v) is 8.48. The second-order valence-electron chi connectivity index (χ2n) is 8.48. The number of amides is 1. The average Bonchev–Trinajstić information content (AvgIpc) is 2.68. The largest absolute Gasteiger partial charge is 0.485 e. The lowest BCUT2D eigenvalue weighted by atomic mass is 10.0. The lowest BCUT2D eigenvalue weighted by Crippen LogP contribution is -2.38. The summed E-state index contributed by atoms with van der Waals surface area (Å²) >= 11 is 0. The van der Waals surface area contributed by atoms with Crippen LogP contribution >= 0.6 is 0 Å². The maximum absolute atomic E-state index is 12.1. The molecule has 9 heteroatoms. The summed E-state index contributed by atoms with van der Waals surface area (Å²) in [5.74, 6) is -0.506. The van der Waals surface area contributed by atoms with E-state index in [0.717, 1.165) is 0 Å². The molecule has 2 rings (SSSR count). The van der Waals surface area contributed by atoms with E-state index in [1.807, 2.05) is 0 Å². The van der Waals surface area contributed by atoms with Crippen LogP contribution in [0.5, 0.6) is 5.75 Å². The van der Waals surface area contributed by atoms with Crippen molar-refractivity contribution in [1.29, 1.82) is 0 Å². The zero-order chi connectivity index (χ0) is 24.1. The van der Waals surface area contributed by atoms with Crippen LogP contribution in [0.15, 0.2) is 33.9 Å². The summed E-state index contributed by atoms with van der Waals surface area (Å²) in [6.07, 6.45) is -0.960. The molecular formula is C23H30N2O7. The van der Waals surface area contributed by atoms with Crippen LogP contribution in [0.1, 0.15) is 59.6 Å². The molecule has 174 valence electrons. The molecule has 2 N–H and O–H groups in total. The molecule has 2 aromatic carbocycles. The Morgan fingerprint density at radius 1 is 1.03 bits per heavy atom. The molecule has 0 saturated heterocycles. The first-order valence-corrected chi connectivity index (χ1v) is 10.4. The van der Waals surface area contributed by atoms with Gasteiger partial charge in [0.1, 0.15) is 11.3 Å². The Kier molecular flexibility index (Phi) is 8.02. The number of benzene rings is 1. The summed E-state index contributed by atoms with van der Waals surface area (Å²) in [6.45, 7) is 10.7. The molecule has 0 bridgehead atoms. The highest BCUT2D eigenvalue weighted by molar-refractivity contribution is 5.84. The zero-order valence-electron chi connectivity index (χ0n) is 19.2. The van der Waals surface area contributed by atoms with E-state index in [9.17, 15) is 19.2 Å². The molecule has 1 atom stereocenters. The highest BCUT2D eigenvalue weighted by Gasteiger charge is 2.27. The number of carbonyl (C=O) groups is 2. The molecule has 0 radical (unpaired) electrons. The molecule has 1 amide bonds. The van der Waals surface area contributed by atoms with E-state index in [1.54, 1.807) is 65.8 Å². The Morgan fingerprint density at radius 2 is 1.66 bits per heavy atom. The Morgan fingerprint density at radius 3 is 2.19 bits per heavy atom. The number of nitrogens with one attached hydrogen (secondary N) is 2. The predicted molar refractivity (Wildman–Crippen MR) is 121 cm³/mol. The van der Waals surface area contributed by atoms with Crippen molar-refractivity contribution in [3.63, 3.8) is 0 Å². The molecule has 0 spiro atoms. The summed E-state index contributed by atoms with van der Waals surface area (Å²) in [4.78, 5) is 48.1. The van der Waals surface area contributed by atoms with Crippen molar-refractivity contribution in [2.75, 3.05) is 17.2 Å². The number of hydrogen-bond acceptors (Lipinski definition) is 8. The summed E-state index contributed by atoms with van der Waals surface area (Å²) in [7, 11) is 0. The fourth-order valence-corrected chi connectivity index (χ4v) is 2.88. The van der Waals surface area contributed by atoms with Crippen LogP contribution in [0.4, 0.5) is 16.2 Å². The summed E-state index contributed by atoms with van der Waals surface area (Å²) < 4.78 is 15.7. The quantitative estimate of drug-likeness (QED) is 0.443. The van der Waals surface area contributed by atoms with Crippen LogP contribution < -0.4 is 26.2 Å². The van der Waals surface area contributed by atoms with Gasteiger partial charge in [-0.15, -0.1) is 0 Å². The van der Waals surface area contributed by atoms with Gasteiger partial charge < -0.3 is 19.5 Å². The molecule has 9 nitrogen and oxygen atoms in total. The minimum Gasteiger partial charge on any atom is -0.485 e. The van der Waals surface area contributed by atoms with Crippen LogP contribution in [-0.4, -0.2) is 30.4 Å². The van der Waals surface area contributed by atoms with Gasteiger partial charge in [-0.2, -0.15) is 0 Å². The van der Waals surface area contributed by atoms with Gasteiger partial charge in [0.05, 0.1) is 25.2 Å². The van der Waals surface area contributed by atoms with Gasteiger partial charge in [-0.25, -0.2) is 4.79 Å². The highest BCUT2D eigenvalue weighted by Crippen LogP contribution is 2.28. The highest BCUT2D eigenvalue weighted by atomic mass is 16.6. The lowest BCUT2D eigenvalue weighted by molar-refractivity contribution is -0.143. The maximum Gasteiger partial charge on any atom is 0.412 e. The van der Waals surface area contributed by atoms with Crippen LogP contribution in [0.3, 0.4) is 0 Å². The topological polar surface area (TPSA) is 120 Å². The van der Waals surface area contributed by atoms with E-state index in [4.69, 9.17) is 14.2 Å². The van der Waals surface area contributed by atoms with E-state index < -0.39 is 34.6 Å². The van der Waals surface area contributed by atoms with Crippen LogP contribution in [-0.2, 0) is 14.3 Å². The Labute approximate surface area is 186 Å². The first-order chi connectivity index (χ1) is 14.9. The third kappa shape index (κ3) is 6.83. The van der Waals surface area contributed by atoms with Gasteiger partial charge in [0, 0.05) is 5.69 Å². The first kappa shape index (κ1) is 24.9. The van der Waals surface area contributed by atoms with Crippen molar-refractivity contribution < 1.29 is 23.8 Å². The minimum atomic E-state index is -0.701. The number of anilines is 2. The summed E-state index contributed by atoms with van der Waals surface area (Å²) in [6, 6.07) is 6.03. The molecule has 32 heavy (non-hydrogen) atoms. The fraction of sp³-hybridized carbons (Fsp3) is 0.478. The van der Waals surface area contributed by atoms with Crippen LogP contribution in [0.2, 0.25) is 0 Å². The van der Waals surface area contributed by atoms with E-state index in [0.29, 0.717) is 11.3 Å². The van der Waals surface area contributed by atoms with E-state index in [2.05, 4.69) is 10.6 Å². The van der Waals surface area contributed by atoms with Crippen LogP contribution in [0.25, 0.3) is 0 Å². The first-order valence-electron chi connectivity index (χ1n) is 10.4. The normalized spacial score (nSPS) is 12.3. The van der Waals surface area contributed by atoms with Gasteiger partial charge in [0.25, 0.3) is 10.9 Å². The second kappa shape index (κ2) is 10.3. The summed E-state index contributed by atoms with van der Waals surface area (Å²) in [5, 5.41) is 5.59. The molecular weight excluding hydrogens is 416 g/mol.